The predicted molar refractivity (Wildman–Crippen MR) is 73.2 cm³/mol. The first-order chi connectivity index (χ1) is 8.91. The highest BCUT2D eigenvalue weighted by molar-refractivity contribution is 7.88. The fraction of sp³-hybridized carbons (Fsp3) is 0.462. The lowest BCUT2D eigenvalue weighted by molar-refractivity contribution is -0.120. The lowest BCUT2D eigenvalue weighted by Crippen LogP contribution is -2.39. The molecule has 19 heavy (non-hydrogen) atoms. The van der Waals surface area contributed by atoms with Gasteiger partial charge >= 0.3 is 0 Å². The molecule has 1 saturated carbocycles. The van der Waals surface area contributed by atoms with Crippen molar-refractivity contribution in [2.45, 2.75) is 18.3 Å². The number of benzene rings is 1. The zero-order valence-corrected chi connectivity index (χ0v) is 11.7. The standard InChI is InChI=1S/C13H18N2O3S/c1-19(17,18)15-9-12(16)14-10-13(7-8-13)11-5-3-2-4-6-11/h2-6,15H,7-10H2,1H3,(H,14,16). The average molecular weight is 282 g/mol. The van der Waals surface area contributed by atoms with Crippen LogP contribution in [0.3, 0.4) is 0 Å². The van der Waals surface area contributed by atoms with Gasteiger partial charge in [0.15, 0.2) is 0 Å². The van der Waals surface area contributed by atoms with Gasteiger partial charge in [0, 0.05) is 12.0 Å². The van der Waals surface area contributed by atoms with E-state index >= 15 is 0 Å². The van der Waals surface area contributed by atoms with Crippen LogP contribution in [0.15, 0.2) is 30.3 Å². The van der Waals surface area contributed by atoms with Crippen LogP contribution in [0, 0.1) is 0 Å². The van der Waals surface area contributed by atoms with Gasteiger partial charge in [-0.25, -0.2) is 13.1 Å². The van der Waals surface area contributed by atoms with E-state index in [9.17, 15) is 13.2 Å². The van der Waals surface area contributed by atoms with Gasteiger partial charge in [0.2, 0.25) is 15.9 Å². The number of carbonyl (C=O) groups is 1. The molecule has 5 nitrogen and oxygen atoms in total. The molecule has 0 bridgehead atoms. The van der Waals surface area contributed by atoms with Crippen molar-refractivity contribution in [3.8, 4) is 0 Å². The maximum atomic E-state index is 11.6. The Hall–Kier alpha value is -1.40. The van der Waals surface area contributed by atoms with Crippen LogP contribution in [-0.4, -0.2) is 33.7 Å². The van der Waals surface area contributed by atoms with Crippen molar-refractivity contribution in [1.29, 1.82) is 0 Å². The minimum Gasteiger partial charge on any atom is -0.354 e. The fourth-order valence-electron chi connectivity index (χ4n) is 2.04. The van der Waals surface area contributed by atoms with Crippen molar-refractivity contribution in [2.75, 3.05) is 19.3 Å². The van der Waals surface area contributed by atoms with Crippen molar-refractivity contribution in [3.05, 3.63) is 35.9 Å². The van der Waals surface area contributed by atoms with Crippen LogP contribution < -0.4 is 10.0 Å². The summed E-state index contributed by atoms with van der Waals surface area (Å²) in [5.74, 6) is -0.298. The highest BCUT2D eigenvalue weighted by atomic mass is 32.2. The van der Waals surface area contributed by atoms with Crippen molar-refractivity contribution in [3.63, 3.8) is 0 Å². The van der Waals surface area contributed by atoms with Crippen molar-refractivity contribution in [2.24, 2.45) is 0 Å². The van der Waals surface area contributed by atoms with Crippen molar-refractivity contribution in [1.82, 2.24) is 10.0 Å². The molecular weight excluding hydrogens is 264 g/mol. The second-order valence-corrected chi connectivity index (χ2v) is 6.85. The fourth-order valence-corrected chi connectivity index (χ4v) is 2.43. The summed E-state index contributed by atoms with van der Waals surface area (Å²) in [5, 5.41) is 2.79. The van der Waals surface area contributed by atoms with Crippen LogP contribution >= 0.6 is 0 Å². The van der Waals surface area contributed by atoms with Crippen LogP contribution in [-0.2, 0) is 20.2 Å². The Morgan fingerprint density at radius 2 is 1.89 bits per heavy atom. The van der Waals surface area contributed by atoms with Gasteiger partial charge in [0.1, 0.15) is 0 Å². The average Bonchev–Trinajstić information content (AvgIpc) is 3.15. The van der Waals surface area contributed by atoms with Crippen molar-refractivity contribution < 1.29 is 13.2 Å². The quantitative estimate of drug-likeness (QED) is 0.792. The third-order valence-electron chi connectivity index (χ3n) is 3.36. The maximum absolute atomic E-state index is 11.6. The third kappa shape index (κ3) is 4.04. The first-order valence-electron chi connectivity index (χ1n) is 6.18. The summed E-state index contributed by atoms with van der Waals surface area (Å²) < 4.78 is 23.9. The molecule has 2 N–H and O–H groups in total. The maximum Gasteiger partial charge on any atom is 0.235 e. The van der Waals surface area contributed by atoms with Gasteiger partial charge in [0.25, 0.3) is 0 Å². The third-order valence-corrected chi connectivity index (χ3v) is 4.03. The molecule has 0 saturated heterocycles. The second-order valence-electron chi connectivity index (χ2n) is 5.02. The highest BCUT2D eigenvalue weighted by Crippen LogP contribution is 2.47. The molecule has 1 fully saturated rings. The molecule has 0 aliphatic heterocycles. The van der Waals surface area contributed by atoms with E-state index in [4.69, 9.17) is 0 Å². The molecule has 2 rings (SSSR count). The Kier molecular flexibility index (Phi) is 3.91. The Labute approximate surface area is 113 Å². The van der Waals surface area contributed by atoms with Crippen LogP contribution in [0.4, 0.5) is 0 Å². The van der Waals surface area contributed by atoms with Gasteiger partial charge in [-0.1, -0.05) is 30.3 Å². The summed E-state index contributed by atoms with van der Waals surface area (Å²) in [6.07, 6.45) is 3.14. The minimum atomic E-state index is -3.32. The van der Waals surface area contributed by atoms with E-state index in [0.717, 1.165) is 19.1 Å². The van der Waals surface area contributed by atoms with E-state index in [2.05, 4.69) is 22.2 Å². The van der Waals surface area contributed by atoms with Crippen LogP contribution in [0.2, 0.25) is 0 Å². The monoisotopic (exact) mass is 282 g/mol. The number of rotatable bonds is 6. The number of nitrogens with one attached hydrogen (secondary N) is 2. The Morgan fingerprint density at radius 1 is 1.26 bits per heavy atom. The van der Waals surface area contributed by atoms with Gasteiger partial charge in [-0.2, -0.15) is 0 Å². The molecule has 0 unspecified atom stereocenters. The molecule has 0 heterocycles. The molecule has 0 radical (unpaired) electrons. The number of hydrogen-bond acceptors (Lipinski definition) is 3. The van der Waals surface area contributed by atoms with E-state index in [1.807, 2.05) is 18.2 Å². The molecule has 1 aromatic carbocycles. The molecule has 104 valence electrons. The second kappa shape index (κ2) is 5.30. The van der Waals surface area contributed by atoms with Crippen LogP contribution in [0.5, 0.6) is 0 Å². The number of sulfonamides is 1. The first-order valence-corrected chi connectivity index (χ1v) is 8.07. The minimum absolute atomic E-state index is 0.0437. The van der Waals surface area contributed by atoms with Gasteiger partial charge in [-0.05, 0) is 18.4 Å². The summed E-state index contributed by atoms with van der Waals surface area (Å²) >= 11 is 0. The summed E-state index contributed by atoms with van der Waals surface area (Å²) in [6, 6.07) is 10.1. The van der Waals surface area contributed by atoms with E-state index in [1.165, 1.54) is 5.56 Å². The smallest absolute Gasteiger partial charge is 0.235 e. The first kappa shape index (κ1) is 14.0. The van der Waals surface area contributed by atoms with E-state index in [1.54, 1.807) is 0 Å². The zero-order chi connectivity index (χ0) is 13.9. The summed E-state index contributed by atoms with van der Waals surface area (Å²) in [6.45, 7) is 0.352. The molecule has 1 aromatic rings. The Bertz CT molecular complexity index is 551. The predicted octanol–water partition coefficient (Wildman–Crippen LogP) is 0.384. The van der Waals surface area contributed by atoms with E-state index < -0.39 is 10.0 Å². The van der Waals surface area contributed by atoms with Gasteiger partial charge in [0.05, 0.1) is 12.8 Å². The molecule has 0 atom stereocenters. The number of carbonyl (C=O) groups excluding carboxylic acids is 1. The van der Waals surface area contributed by atoms with Gasteiger partial charge in [-0.3, -0.25) is 4.79 Å². The molecule has 1 amide bonds. The van der Waals surface area contributed by atoms with Crippen molar-refractivity contribution >= 4 is 15.9 Å². The Morgan fingerprint density at radius 3 is 2.42 bits per heavy atom. The SMILES string of the molecule is CS(=O)(=O)NCC(=O)NCC1(c2ccccc2)CC1. The highest BCUT2D eigenvalue weighted by Gasteiger charge is 2.44. The van der Waals surface area contributed by atoms with E-state index in [-0.39, 0.29) is 17.9 Å². The lowest BCUT2D eigenvalue weighted by atomic mass is 9.96. The largest absolute Gasteiger partial charge is 0.354 e. The molecule has 1 aliphatic rings. The molecular formula is C13H18N2O3S. The van der Waals surface area contributed by atoms with E-state index in [0.29, 0.717) is 6.54 Å². The summed E-state index contributed by atoms with van der Waals surface area (Å²) in [7, 11) is -3.32. The van der Waals surface area contributed by atoms with Gasteiger partial charge in [-0.15, -0.1) is 0 Å². The molecule has 6 heteroatoms. The topological polar surface area (TPSA) is 75.3 Å². The number of hydrogen-bond donors (Lipinski definition) is 2. The van der Waals surface area contributed by atoms with Gasteiger partial charge < -0.3 is 5.32 Å². The number of amides is 1. The summed E-state index contributed by atoms with van der Waals surface area (Å²) in [5.41, 5.74) is 1.27. The lowest BCUT2D eigenvalue weighted by Gasteiger charge is -2.16. The molecule has 1 aliphatic carbocycles. The normalized spacial score (nSPS) is 16.9. The molecule has 0 aromatic heterocycles. The zero-order valence-electron chi connectivity index (χ0n) is 10.8. The van der Waals surface area contributed by atoms with Crippen LogP contribution in [0.1, 0.15) is 18.4 Å². The Balaban J connectivity index is 1.84. The van der Waals surface area contributed by atoms with Crippen LogP contribution in [0.25, 0.3) is 0 Å². The summed E-state index contributed by atoms with van der Waals surface area (Å²) in [4.78, 5) is 11.6. The molecule has 0 spiro atoms.